The van der Waals surface area contributed by atoms with E-state index in [1.54, 1.807) is 6.07 Å². The number of carbonyl (C=O) groups excluding carboxylic acids is 1. The molecule has 1 aliphatic heterocycles. The van der Waals surface area contributed by atoms with Gasteiger partial charge >= 0.3 is 0 Å². The van der Waals surface area contributed by atoms with Crippen LogP contribution in [0.15, 0.2) is 24.3 Å². The van der Waals surface area contributed by atoms with Crippen LogP contribution in [0.1, 0.15) is 10.4 Å². The van der Waals surface area contributed by atoms with Crippen LogP contribution in [0, 0.1) is 16.0 Å². The maximum Gasteiger partial charge on any atom is 0.282 e. The summed E-state index contributed by atoms with van der Waals surface area (Å²) >= 11 is 0. The average Bonchev–Trinajstić information content (AvgIpc) is 2.27. The van der Waals surface area contributed by atoms with Crippen LogP contribution in [0.2, 0.25) is 0 Å². The van der Waals surface area contributed by atoms with Crippen molar-refractivity contribution in [1.29, 1.82) is 0 Å². The predicted molar refractivity (Wildman–Crippen MR) is 59.6 cm³/mol. The summed E-state index contributed by atoms with van der Waals surface area (Å²) in [7, 11) is 0. The van der Waals surface area contributed by atoms with Gasteiger partial charge in [-0.3, -0.25) is 14.9 Å². The number of nitro benzene ring substituents is 1. The topological polar surface area (TPSA) is 83.7 Å². The standard InChI is InChI=1S/C11H12N2O4/c14-7-8-5-12(6-8)11(15)9-3-1-2-4-10(9)13(16)17/h1-4,8,14H,5-7H2. The number of aliphatic hydroxyl groups is 1. The van der Waals surface area contributed by atoms with Gasteiger partial charge in [-0.2, -0.15) is 0 Å². The maximum atomic E-state index is 12.0. The number of para-hydroxylation sites is 1. The molecule has 0 saturated carbocycles. The molecular formula is C11H12N2O4. The third-order valence-corrected chi connectivity index (χ3v) is 2.83. The lowest BCUT2D eigenvalue weighted by molar-refractivity contribution is -0.385. The summed E-state index contributed by atoms with van der Waals surface area (Å²) in [5, 5.41) is 19.6. The summed E-state index contributed by atoms with van der Waals surface area (Å²) in [5.41, 5.74) is -0.0705. The fraction of sp³-hybridized carbons (Fsp3) is 0.364. The Balaban J connectivity index is 2.18. The van der Waals surface area contributed by atoms with E-state index in [0.29, 0.717) is 13.1 Å². The van der Waals surface area contributed by atoms with Crippen molar-refractivity contribution >= 4 is 11.6 Å². The van der Waals surface area contributed by atoms with Gasteiger partial charge in [-0.15, -0.1) is 0 Å². The molecular weight excluding hydrogens is 224 g/mol. The first kappa shape index (κ1) is 11.5. The van der Waals surface area contributed by atoms with Gasteiger partial charge < -0.3 is 10.0 Å². The molecule has 0 radical (unpaired) electrons. The van der Waals surface area contributed by atoms with Crippen LogP contribution in [0.5, 0.6) is 0 Å². The van der Waals surface area contributed by atoms with Gasteiger partial charge in [0.05, 0.1) is 4.92 Å². The molecule has 1 amide bonds. The zero-order valence-corrected chi connectivity index (χ0v) is 9.07. The van der Waals surface area contributed by atoms with Crippen molar-refractivity contribution in [2.45, 2.75) is 0 Å². The Morgan fingerprint density at radius 2 is 2.12 bits per heavy atom. The number of nitrogens with zero attached hydrogens (tertiary/aromatic N) is 2. The molecule has 1 saturated heterocycles. The van der Waals surface area contributed by atoms with Crippen LogP contribution in [0.25, 0.3) is 0 Å². The van der Waals surface area contributed by atoms with Crippen LogP contribution in [-0.4, -0.2) is 40.5 Å². The lowest BCUT2D eigenvalue weighted by Crippen LogP contribution is -2.51. The van der Waals surface area contributed by atoms with E-state index in [4.69, 9.17) is 5.11 Å². The molecule has 6 heteroatoms. The molecule has 0 aliphatic carbocycles. The summed E-state index contributed by atoms with van der Waals surface area (Å²) < 4.78 is 0. The Morgan fingerprint density at radius 1 is 1.47 bits per heavy atom. The van der Waals surface area contributed by atoms with Crippen molar-refractivity contribution in [3.63, 3.8) is 0 Å². The van der Waals surface area contributed by atoms with Gasteiger partial charge in [0.1, 0.15) is 5.56 Å². The highest BCUT2D eigenvalue weighted by molar-refractivity contribution is 5.98. The van der Waals surface area contributed by atoms with E-state index in [9.17, 15) is 14.9 Å². The molecule has 1 aromatic rings. The van der Waals surface area contributed by atoms with Gasteiger partial charge in [0.15, 0.2) is 0 Å². The smallest absolute Gasteiger partial charge is 0.282 e. The normalized spacial score (nSPS) is 15.5. The molecule has 1 fully saturated rings. The number of hydrogen-bond donors (Lipinski definition) is 1. The lowest BCUT2D eigenvalue weighted by atomic mass is 9.99. The maximum absolute atomic E-state index is 12.0. The van der Waals surface area contributed by atoms with E-state index in [0.717, 1.165) is 0 Å². The molecule has 1 N–H and O–H groups in total. The van der Waals surface area contributed by atoms with Crippen molar-refractivity contribution in [3.8, 4) is 0 Å². The molecule has 0 aromatic heterocycles. The SMILES string of the molecule is O=C(c1ccccc1[N+](=O)[O-])N1CC(CO)C1. The molecule has 17 heavy (non-hydrogen) atoms. The number of aliphatic hydroxyl groups excluding tert-OH is 1. The van der Waals surface area contributed by atoms with Crippen LogP contribution in [0.3, 0.4) is 0 Å². The van der Waals surface area contributed by atoms with Crippen molar-refractivity contribution in [1.82, 2.24) is 4.90 Å². The van der Waals surface area contributed by atoms with E-state index in [1.807, 2.05) is 0 Å². The molecule has 0 spiro atoms. The highest BCUT2D eigenvalue weighted by Gasteiger charge is 2.33. The quantitative estimate of drug-likeness (QED) is 0.617. The molecule has 0 unspecified atom stereocenters. The monoisotopic (exact) mass is 236 g/mol. The van der Waals surface area contributed by atoms with E-state index in [-0.39, 0.29) is 29.7 Å². The number of likely N-dealkylation sites (tertiary alicyclic amines) is 1. The summed E-state index contributed by atoms with van der Waals surface area (Å²) in [6, 6.07) is 5.90. The van der Waals surface area contributed by atoms with Gasteiger partial charge in [0.2, 0.25) is 0 Å². The Kier molecular flexibility index (Phi) is 3.06. The molecule has 0 atom stereocenters. The Hall–Kier alpha value is -1.95. The number of amides is 1. The first-order valence-electron chi connectivity index (χ1n) is 5.27. The van der Waals surface area contributed by atoms with E-state index < -0.39 is 4.92 Å². The van der Waals surface area contributed by atoms with E-state index in [1.165, 1.54) is 23.1 Å². The van der Waals surface area contributed by atoms with Crippen molar-refractivity contribution in [2.24, 2.45) is 5.92 Å². The second-order valence-corrected chi connectivity index (χ2v) is 4.03. The molecule has 1 aromatic carbocycles. The third-order valence-electron chi connectivity index (χ3n) is 2.83. The van der Waals surface area contributed by atoms with E-state index in [2.05, 4.69) is 0 Å². The van der Waals surface area contributed by atoms with Crippen LogP contribution >= 0.6 is 0 Å². The largest absolute Gasteiger partial charge is 0.396 e. The molecule has 0 bridgehead atoms. The zero-order chi connectivity index (χ0) is 12.4. The van der Waals surface area contributed by atoms with Crippen molar-refractivity contribution in [3.05, 3.63) is 39.9 Å². The van der Waals surface area contributed by atoms with Crippen molar-refractivity contribution < 1.29 is 14.8 Å². The summed E-state index contributed by atoms with van der Waals surface area (Å²) in [5.74, 6) is -0.247. The second-order valence-electron chi connectivity index (χ2n) is 4.03. The third kappa shape index (κ3) is 2.12. The van der Waals surface area contributed by atoms with Crippen LogP contribution < -0.4 is 0 Å². The average molecular weight is 236 g/mol. The number of carbonyl (C=O) groups is 1. The molecule has 2 rings (SSSR count). The fourth-order valence-electron chi connectivity index (χ4n) is 1.84. The van der Waals surface area contributed by atoms with Gasteiger partial charge in [0, 0.05) is 31.7 Å². The number of rotatable bonds is 3. The molecule has 6 nitrogen and oxygen atoms in total. The Labute approximate surface area is 97.6 Å². The summed E-state index contributed by atoms with van der Waals surface area (Å²) in [4.78, 5) is 23.7. The number of hydrogen-bond acceptors (Lipinski definition) is 4. The minimum atomic E-state index is -0.559. The van der Waals surface area contributed by atoms with Crippen LogP contribution in [0.4, 0.5) is 5.69 Å². The first-order chi connectivity index (χ1) is 8.13. The van der Waals surface area contributed by atoms with E-state index >= 15 is 0 Å². The highest BCUT2D eigenvalue weighted by atomic mass is 16.6. The lowest BCUT2D eigenvalue weighted by Gasteiger charge is -2.38. The van der Waals surface area contributed by atoms with Gasteiger partial charge in [-0.1, -0.05) is 12.1 Å². The predicted octanol–water partition coefficient (Wildman–Crippen LogP) is 0.659. The molecule has 1 heterocycles. The molecule has 1 aliphatic rings. The fourth-order valence-corrected chi connectivity index (χ4v) is 1.84. The molecule has 90 valence electrons. The van der Waals surface area contributed by atoms with Crippen LogP contribution in [-0.2, 0) is 0 Å². The Bertz CT molecular complexity index is 455. The van der Waals surface area contributed by atoms with Gasteiger partial charge in [0.25, 0.3) is 11.6 Å². The Morgan fingerprint density at radius 3 is 2.71 bits per heavy atom. The number of nitro groups is 1. The van der Waals surface area contributed by atoms with Gasteiger partial charge in [-0.25, -0.2) is 0 Å². The summed E-state index contributed by atoms with van der Waals surface area (Å²) in [6.07, 6.45) is 0. The number of benzene rings is 1. The van der Waals surface area contributed by atoms with Gasteiger partial charge in [-0.05, 0) is 6.07 Å². The second kappa shape index (κ2) is 4.50. The highest BCUT2D eigenvalue weighted by Crippen LogP contribution is 2.23. The van der Waals surface area contributed by atoms with Crippen molar-refractivity contribution in [2.75, 3.05) is 19.7 Å². The minimum Gasteiger partial charge on any atom is -0.396 e. The minimum absolute atomic E-state index is 0.0423. The zero-order valence-electron chi connectivity index (χ0n) is 9.07. The summed E-state index contributed by atoms with van der Waals surface area (Å²) in [6.45, 7) is 0.962. The first-order valence-corrected chi connectivity index (χ1v) is 5.27.